The SMILES string of the molecule is CCc1sc(C(=O)OCC(=O)NC(=O)Nc2ccc3c(c2)OCO3)cc1C. The van der Waals surface area contributed by atoms with Gasteiger partial charge >= 0.3 is 12.0 Å². The van der Waals surface area contributed by atoms with Crippen LogP contribution in [0.5, 0.6) is 11.5 Å². The molecule has 1 aliphatic heterocycles. The van der Waals surface area contributed by atoms with Crippen LogP contribution >= 0.6 is 11.3 Å². The molecule has 9 heteroatoms. The van der Waals surface area contributed by atoms with E-state index in [1.54, 1.807) is 24.3 Å². The van der Waals surface area contributed by atoms with E-state index in [1.165, 1.54) is 11.3 Å². The molecule has 8 nitrogen and oxygen atoms in total. The van der Waals surface area contributed by atoms with E-state index in [4.69, 9.17) is 14.2 Å². The van der Waals surface area contributed by atoms with E-state index in [-0.39, 0.29) is 6.79 Å². The van der Waals surface area contributed by atoms with Crippen molar-refractivity contribution in [3.8, 4) is 11.5 Å². The molecule has 0 bridgehead atoms. The smallest absolute Gasteiger partial charge is 0.348 e. The third kappa shape index (κ3) is 4.56. The summed E-state index contributed by atoms with van der Waals surface area (Å²) >= 11 is 1.34. The van der Waals surface area contributed by atoms with Gasteiger partial charge in [0.05, 0.1) is 0 Å². The molecule has 0 fully saturated rings. The van der Waals surface area contributed by atoms with E-state index >= 15 is 0 Å². The largest absolute Gasteiger partial charge is 0.454 e. The molecule has 142 valence electrons. The molecule has 0 radical (unpaired) electrons. The van der Waals surface area contributed by atoms with Crippen LogP contribution in [0.25, 0.3) is 0 Å². The molecule has 0 unspecified atom stereocenters. The average Bonchev–Trinajstić information content (AvgIpc) is 3.25. The molecule has 3 rings (SSSR count). The zero-order valence-electron chi connectivity index (χ0n) is 14.8. The predicted octanol–water partition coefficient (Wildman–Crippen LogP) is 2.85. The summed E-state index contributed by atoms with van der Waals surface area (Å²) < 4.78 is 15.3. The van der Waals surface area contributed by atoms with Crippen molar-refractivity contribution in [1.82, 2.24) is 5.32 Å². The Morgan fingerprint density at radius 3 is 2.70 bits per heavy atom. The van der Waals surface area contributed by atoms with Crippen LogP contribution in [0, 0.1) is 6.92 Å². The van der Waals surface area contributed by atoms with E-state index in [0.717, 1.165) is 16.9 Å². The minimum absolute atomic E-state index is 0.123. The quantitative estimate of drug-likeness (QED) is 0.761. The number of urea groups is 1. The Kier molecular flexibility index (Phi) is 5.60. The predicted molar refractivity (Wildman–Crippen MR) is 98.4 cm³/mol. The lowest BCUT2D eigenvalue weighted by Gasteiger charge is -2.07. The van der Waals surface area contributed by atoms with Gasteiger partial charge in [0.1, 0.15) is 4.88 Å². The van der Waals surface area contributed by atoms with Gasteiger partial charge in [-0.1, -0.05) is 6.92 Å². The van der Waals surface area contributed by atoms with E-state index in [9.17, 15) is 14.4 Å². The number of carbonyl (C=O) groups excluding carboxylic acids is 3. The number of amides is 3. The minimum Gasteiger partial charge on any atom is -0.454 e. The van der Waals surface area contributed by atoms with Crippen molar-refractivity contribution in [3.63, 3.8) is 0 Å². The zero-order chi connectivity index (χ0) is 19.4. The molecule has 2 aromatic rings. The number of imide groups is 1. The molecule has 27 heavy (non-hydrogen) atoms. The average molecular weight is 390 g/mol. The number of nitrogens with one attached hydrogen (secondary N) is 2. The van der Waals surface area contributed by atoms with E-state index in [2.05, 4.69) is 10.6 Å². The molecule has 0 aliphatic carbocycles. The second-order valence-electron chi connectivity index (χ2n) is 5.72. The first kappa shape index (κ1) is 18.7. The van der Waals surface area contributed by atoms with Gasteiger partial charge in [0.15, 0.2) is 18.1 Å². The first-order valence-electron chi connectivity index (χ1n) is 8.23. The Morgan fingerprint density at radius 2 is 1.96 bits per heavy atom. The maximum absolute atomic E-state index is 12.0. The topological polar surface area (TPSA) is 103 Å². The second-order valence-corrected chi connectivity index (χ2v) is 6.85. The lowest BCUT2D eigenvalue weighted by atomic mass is 10.2. The van der Waals surface area contributed by atoms with Crippen LogP contribution < -0.4 is 20.1 Å². The van der Waals surface area contributed by atoms with Crippen LogP contribution in [0.1, 0.15) is 27.0 Å². The number of thiophene rings is 1. The Morgan fingerprint density at radius 1 is 1.19 bits per heavy atom. The van der Waals surface area contributed by atoms with Gasteiger partial charge in [-0.3, -0.25) is 10.1 Å². The summed E-state index contributed by atoms with van der Waals surface area (Å²) in [5, 5.41) is 4.59. The molecule has 2 N–H and O–H groups in total. The number of hydrogen-bond acceptors (Lipinski definition) is 7. The molecule has 0 saturated carbocycles. The molecule has 0 spiro atoms. The molecule has 3 amide bonds. The number of aryl methyl sites for hydroxylation is 2. The number of anilines is 1. The summed E-state index contributed by atoms with van der Waals surface area (Å²) in [6.07, 6.45) is 0.824. The van der Waals surface area contributed by atoms with Crippen molar-refractivity contribution in [2.45, 2.75) is 20.3 Å². The summed E-state index contributed by atoms with van der Waals surface area (Å²) in [7, 11) is 0. The van der Waals surface area contributed by atoms with Crippen molar-refractivity contribution < 1.29 is 28.6 Å². The number of rotatable bonds is 5. The molecule has 1 aromatic heterocycles. The Labute approximate surface area is 159 Å². The lowest BCUT2D eigenvalue weighted by Crippen LogP contribution is -2.37. The zero-order valence-corrected chi connectivity index (χ0v) is 15.6. The number of hydrogen-bond donors (Lipinski definition) is 2. The number of carbonyl (C=O) groups is 3. The summed E-state index contributed by atoms with van der Waals surface area (Å²) in [4.78, 5) is 37.2. The maximum Gasteiger partial charge on any atom is 0.348 e. The Balaban J connectivity index is 1.47. The molecular formula is C18H18N2O6S. The standard InChI is InChI=1S/C18H18N2O6S/c1-3-14-10(2)6-15(27-14)17(22)24-8-16(21)20-18(23)19-11-4-5-12-13(7-11)26-9-25-12/h4-7H,3,8-9H2,1-2H3,(H2,19,20,21,23). The number of fused-ring (bicyclic) bond motifs is 1. The molecule has 0 saturated heterocycles. The summed E-state index contributed by atoms with van der Waals surface area (Å²) in [5.74, 6) is -0.232. The highest BCUT2D eigenvalue weighted by atomic mass is 32.1. The van der Waals surface area contributed by atoms with Crippen molar-refractivity contribution in [1.29, 1.82) is 0 Å². The summed E-state index contributed by atoms with van der Waals surface area (Å²) in [5.41, 5.74) is 1.45. The number of esters is 1. The van der Waals surface area contributed by atoms with Gasteiger partial charge in [0.25, 0.3) is 5.91 Å². The fraction of sp³-hybridized carbons (Fsp3) is 0.278. The maximum atomic E-state index is 12.0. The van der Waals surface area contributed by atoms with Crippen LogP contribution in [0.4, 0.5) is 10.5 Å². The molecule has 1 aliphatic rings. The Bertz CT molecular complexity index is 892. The van der Waals surface area contributed by atoms with Gasteiger partial charge in [-0.15, -0.1) is 11.3 Å². The monoisotopic (exact) mass is 390 g/mol. The van der Waals surface area contributed by atoms with E-state index < -0.39 is 24.5 Å². The lowest BCUT2D eigenvalue weighted by molar-refractivity contribution is -0.123. The summed E-state index contributed by atoms with van der Waals surface area (Å²) in [6, 6.07) is 5.83. The molecular weight excluding hydrogens is 372 g/mol. The van der Waals surface area contributed by atoms with Gasteiger partial charge in [-0.25, -0.2) is 9.59 Å². The molecule has 2 heterocycles. The van der Waals surface area contributed by atoms with Crippen molar-refractivity contribution in [2.24, 2.45) is 0 Å². The van der Waals surface area contributed by atoms with Crippen molar-refractivity contribution in [2.75, 3.05) is 18.7 Å². The van der Waals surface area contributed by atoms with Crippen molar-refractivity contribution >= 4 is 34.9 Å². The minimum atomic E-state index is -0.741. The van der Waals surface area contributed by atoms with Gasteiger partial charge < -0.3 is 19.5 Å². The highest BCUT2D eigenvalue weighted by Crippen LogP contribution is 2.34. The Hall–Kier alpha value is -3.07. The van der Waals surface area contributed by atoms with E-state index in [0.29, 0.717) is 22.1 Å². The first-order chi connectivity index (χ1) is 13.0. The van der Waals surface area contributed by atoms with Crippen LogP contribution in [0.3, 0.4) is 0 Å². The summed E-state index contributed by atoms with van der Waals surface area (Å²) in [6.45, 7) is 3.49. The van der Waals surface area contributed by atoms with Crippen molar-refractivity contribution in [3.05, 3.63) is 39.6 Å². The highest BCUT2D eigenvalue weighted by Gasteiger charge is 2.17. The number of benzene rings is 1. The van der Waals surface area contributed by atoms with Gasteiger partial charge in [-0.05, 0) is 37.1 Å². The first-order valence-corrected chi connectivity index (χ1v) is 9.05. The normalized spacial score (nSPS) is 11.8. The molecule has 0 atom stereocenters. The van der Waals surface area contributed by atoms with Crippen LogP contribution in [-0.2, 0) is 16.0 Å². The van der Waals surface area contributed by atoms with E-state index in [1.807, 2.05) is 13.8 Å². The molecule has 1 aromatic carbocycles. The van der Waals surface area contributed by atoms with Crippen LogP contribution in [0.2, 0.25) is 0 Å². The third-order valence-electron chi connectivity index (χ3n) is 3.76. The fourth-order valence-electron chi connectivity index (χ4n) is 2.47. The fourth-order valence-corrected chi connectivity index (χ4v) is 3.48. The third-order valence-corrected chi connectivity index (χ3v) is 5.12. The van der Waals surface area contributed by atoms with Gasteiger partial charge in [0, 0.05) is 16.6 Å². The highest BCUT2D eigenvalue weighted by molar-refractivity contribution is 7.14. The van der Waals surface area contributed by atoms with Gasteiger partial charge in [0.2, 0.25) is 6.79 Å². The van der Waals surface area contributed by atoms with Gasteiger partial charge in [-0.2, -0.15) is 0 Å². The van der Waals surface area contributed by atoms with Crippen LogP contribution in [0.15, 0.2) is 24.3 Å². The number of ether oxygens (including phenoxy) is 3. The van der Waals surface area contributed by atoms with Crippen LogP contribution in [-0.4, -0.2) is 31.3 Å². The second kappa shape index (κ2) is 8.09.